The maximum Gasteiger partial charge on any atom is 0.305 e. The molecule has 0 radical (unpaired) electrons. The number of para-hydroxylation sites is 1. The van der Waals surface area contributed by atoms with Gasteiger partial charge in [-0.3, -0.25) is 10.1 Å². The fourth-order valence-electron chi connectivity index (χ4n) is 4.08. The number of fused-ring (bicyclic) bond motifs is 1. The zero-order valence-electron chi connectivity index (χ0n) is 20.5. The van der Waals surface area contributed by atoms with Gasteiger partial charge in [-0.05, 0) is 42.2 Å². The summed E-state index contributed by atoms with van der Waals surface area (Å²) in [7, 11) is 0. The van der Waals surface area contributed by atoms with E-state index in [1.54, 1.807) is 12.1 Å². The molecule has 0 aliphatic rings. The molecule has 1 heterocycles. The molecule has 1 aromatic heterocycles. The van der Waals surface area contributed by atoms with Crippen LogP contribution in [0.3, 0.4) is 0 Å². The van der Waals surface area contributed by atoms with Crippen molar-refractivity contribution in [3.05, 3.63) is 92.6 Å². The van der Waals surface area contributed by atoms with Gasteiger partial charge in [-0.2, -0.15) is 0 Å². The third-order valence-corrected chi connectivity index (χ3v) is 6.71. The largest absolute Gasteiger partial charge is 0.506 e. The molecule has 5 N–H and O–H groups in total. The third kappa shape index (κ3) is 8.46. The van der Waals surface area contributed by atoms with E-state index in [9.17, 15) is 15.0 Å². The summed E-state index contributed by atoms with van der Waals surface area (Å²) < 4.78 is 6.37. The van der Waals surface area contributed by atoms with Gasteiger partial charge in [0, 0.05) is 31.6 Å². The van der Waals surface area contributed by atoms with E-state index >= 15 is 0 Å². The van der Waals surface area contributed by atoms with Gasteiger partial charge in [0.05, 0.1) is 11.3 Å². The highest BCUT2D eigenvalue weighted by atomic mass is 35.5. The van der Waals surface area contributed by atoms with Crippen molar-refractivity contribution in [2.45, 2.75) is 39.1 Å². The summed E-state index contributed by atoms with van der Waals surface area (Å²) in [6, 6.07) is 19.8. The Bertz CT molecular complexity index is 1330. The first-order valence-electron chi connectivity index (χ1n) is 11.8. The number of hydrogen-bond acceptors (Lipinski definition) is 7. The van der Waals surface area contributed by atoms with Gasteiger partial charge >= 0.3 is 4.87 Å². The molecular weight excluding hydrogens is 533 g/mol. The van der Waals surface area contributed by atoms with Crippen molar-refractivity contribution < 1.29 is 14.9 Å². The van der Waals surface area contributed by atoms with Crippen molar-refractivity contribution in [3.63, 3.8) is 0 Å². The molecule has 0 aliphatic carbocycles. The fraction of sp³-hybridized carbons (Fsp3) is 0.296. The van der Waals surface area contributed by atoms with Crippen molar-refractivity contribution in [2.75, 3.05) is 13.2 Å². The molecular formula is C27H33Cl2N3O4S. The molecule has 200 valence electrons. The monoisotopic (exact) mass is 565 g/mol. The van der Waals surface area contributed by atoms with E-state index in [-0.39, 0.29) is 35.4 Å². The molecule has 1 atom stereocenters. The van der Waals surface area contributed by atoms with Gasteiger partial charge in [0.2, 0.25) is 0 Å². The number of halogens is 2. The van der Waals surface area contributed by atoms with Crippen LogP contribution in [0.15, 0.2) is 65.5 Å². The number of aromatic nitrogens is 1. The quantitative estimate of drug-likeness (QED) is 0.162. The first-order chi connectivity index (χ1) is 17.0. The van der Waals surface area contributed by atoms with Crippen molar-refractivity contribution in [1.29, 1.82) is 0 Å². The topological polar surface area (TPSA) is 107 Å². The minimum Gasteiger partial charge on any atom is -0.506 e. The van der Waals surface area contributed by atoms with Crippen LogP contribution in [0.1, 0.15) is 29.2 Å². The van der Waals surface area contributed by atoms with Gasteiger partial charge in [-0.25, -0.2) is 0 Å². The van der Waals surface area contributed by atoms with Gasteiger partial charge in [-0.15, -0.1) is 24.8 Å². The van der Waals surface area contributed by atoms with Crippen LogP contribution in [-0.2, 0) is 25.9 Å². The lowest BCUT2D eigenvalue weighted by Gasteiger charge is -2.14. The van der Waals surface area contributed by atoms with E-state index in [1.807, 2.05) is 25.1 Å². The zero-order valence-corrected chi connectivity index (χ0v) is 23.0. The highest BCUT2D eigenvalue weighted by molar-refractivity contribution is 7.16. The summed E-state index contributed by atoms with van der Waals surface area (Å²) in [5, 5.41) is 27.0. The molecule has 0 saturated carbocycles. The van der Waals surface area contributed by atoms with Crippen molar-refractivity contribution >= 4 is 46.4 Å². The number of aromatic hydroxyl groups is 1. The van der Waals surface area contributed by atoms with Gasteiger partial charge in [-0.1, -0.05) is 59.9 Å². The van der Waals surface area contributed by atoms with E-state index in [2.05, 4.69) is 45.9 Å². The smallest absolute Gasteiger partial charge is 0.305 e. The van der Waals surface area contributed by atoms with E-state index < -0.39 is 6.23 Å². The maximum atomic E-state index is 11.7. The van der Waals surface area contributed by atoms with E-state index in [4.69, 9.17) is 4.74 Å². The van der Waals surface area contributed by atoms with E-state index in [1.165, 1.54) is 11.1 Å². The van der Waals surface area contributed by atoms with Crippen LogP contribution in [-0.4, -0.2) is 34.6 Å². The van der Waals surface area contributed by atoms with Gasteiger partial charge in [0.1, 0.15) is 23.2 Å². The average Bonchev–Trinajstić information content (AvgIpc) is 3.25. The summed E-state index contributed by atoms with van der Waals surface area (Å²) >= 11 is 1.04. The standard InChI is InChI=1S/C27H31N3O4S.2ClH/c1-2-34-23-9-4-3-8-21(23)17-28-16-19-7-5-6-18(14-19)12-13-29-24(32)15-20-10-11-22(31)25-26(20)35-27(33)30-25;;/h3-11,14,24,28-29,31-32H,2,12-13,15-17H2,1H3,(H,30,33);2*1H. The van der Waals surface area contributed by atoms with Crippen molar-refractivity contribution in [3.8, 4) is 11.5 Å². The van der Waals surface area contributed by atoms with Crippen LogP contribution in [0.4, 0.5) is 0 Å². The molecule has 4 rings (SSSR count). The van der Waals surface area contributed by atoms with Gasteiger partial charge in [0.15, 0.2) is 0 Å². The zero-order chi connectivity index (χ0) is 24.6. The van der Waals surface area contributed by atoms with Crippen LogP contribution in [0.5, 0.6) is 11.5 Å². The molecule has 0 fully saturated rings. The minimum absolute atomic E-state index is 0. The number of nitrogens with one attached hydrogen (secondary N) is 3. The number of H-pyrrole nitrogens is 1. The molecule has 0 bridgehead atoms. The van der Waals surface area contributed by atoms with Crippen LogP contribution in [0, 0.1) is 0 Å². The maximum absolute atomic E-state index is 11.7. The normalized spacial score (nSPS) is 11.5. The molecule has 10 heteroatoms. The van der Waals surface area contributed by atoms with Crippen LogP contribution < -0.4 is 20.2 Å². The first kappa shape index (κ1) is 30.6. The number of ether oxygens (including phenoxy) is 1. The summed E-state index contributed by atoms with van der Waals surface area (Å²) in [5.41, 5.74) is 4.78. The Morgan fingerprint density at radius 3 is 2.59 bits per heavy atom. The predicted octanol–water partition coefficient (Wildman–Crippen LogP) is 4.52. The van der Waals surface area contributed by atoms with Gasteiger partial charge < -0.3 is 25.3 Å². The summed E-state index contributed by atoms with van der Waals surface area (Å²) in [5.74, 6) is 0.956. The number of hydrogen-bond donors (Lipinski definition) is 5. The van der Waals surface area contributed by atoms with E-state index in [0.29, 0.717) is 29.8 Å². The number of rotatable bonds is 12. The Balaban J connectivity index is 0.00000241. The summed E-state index contributed by atoms with van der Waals surface area (Å²) in [4.78, 5) is 14.1. The lowest BCUT2D eigenvalue weighted by molar-refractivity contribution is 0.138. The number of aliphatic hydroxyl groups is 1. The van der Waals surface area contributed by atoms with Crippen molar-refractivity contribution in [1.82, 2.24) is 15.6 Å². The Morgan fingerprint density at radius 2 is 1.78 bits per heavy atom. The molecule has 0 amide bonds. The fourth-order valence-corrected chi connectivity index (χ4v) is 4.96. The molecule has 0 saturated heterocycles. The van der Waals surface area contributed by atoms with Crippen molar-refractivity contribution in [2.24, 2.45) is 0 Å². The molecule has 3 aromatic carbocycles. The molecule has 0 aliphatic heterocycles. The summed E-state index contributed by atoms with van der Waals surface area (Å²) in [6.07, 6.45) is 0.369. The van der Waals surface area contributed by atoms with Gasteiger partial charge in [0.25, 0.3) is 0 Å². The highest BCUT2D eigenvalue weighted by Gasteiger charge is 2.13. The highest BCUT2D eigenvalue weighted by Crippen LogP contribution is 2.28. The number of aromatic amines is 1. The Labute approximate surface area is 232 Å². The lowest BCUT2D eigenvalue weighted by atomic mass is 10.1. The Morgan fingerprint density at radius 1 is 1.00 bits per heavy atom. The van der Waals surface area contributed by atoms with E-state index in [0.717, 1.165) is 47.7 Å². The average molecular weight is 567 g/mol. The molecule has 0 spiro atoms. The number of phenols is 1. The summed E-state index contributed by atoms with van der Waals surface area (Å²) in [6.45, 7) is 4.73. The third-order valence-electron chi connectivity index (χ3n) is 5.75. The number of thiazole rings is 1. The van der Waals surface area contributed by atoms with Crippen LogP contribution in [0.25, 0.3) is 10.2 Å². The molecule has 37 heavy (non-hydrogen) atoms. The number of phenolic OH excluding ortho intramolecular Hbond substituents is 1. The molecule has 7 nitrogen and oxygen atoms in total. The minimum atomic E-state index is -0.754. The Kier molecular flexibility index (Phi) is 12.4. The second-order valence-corrected chi connectivity index (χ2v) is 9.33. The SMILES string of the molecule is CCOc1ccccc1CNCc1cccc(CCNC(O)Cc2ccc(O)c3[nH]c(=O)sc23)c1.Cl.Cl. The Hall–Kier alpha value is -2.59. The second kappa shape index (κ2) is 15.0. The molecule has 4 aromatic rings. The van der Waals surface area contributed by atoms with Crippen LogP contribution >= 0.6 is 36.2 Å². The van der Waals surface area contributed by atoms with Crippen LogP contribution in [0.2, 0.25) is 0 Å². The number of aliphatic hydroxyl groups excluding tert-OH is 1. The predicted molar refractivity (Wildman–Crippen MR) is 155 cm³/mol. The molecule has 1 unspecified atom stereocenters. The lowest BCUT2D eigenvalue weighted by Crippen LogP contribution is -2.32. The number of benzene rings is 3. The second-order valence-electron chi connectivity index (χ2n) is 8.35. The first-order valence-corrected chi connectivity index (χ1v) is 12.6.